The van der Waals surface area contributed by atoms with Crippen molar-refractivity contribution in [2.75, 3.05) is 0 Å². The Hall–Kier alpha value is -1.35. The van der Waals surface area contributed by atoms with Gasteiger partial charge in [-0.3, -0.25) is 10.1 Å². The van der Waals surface area contributed by atoms with Crippen molar-refractivity contribution in [3.8, 4) is 0 Å². The van der Waals surface area contributed by atoms with E-state index >= 15 is 0 Å². The molecule has 1 saturated carbocycles. The molecule has 1 heterocycles. The minimum atomic E-state index is -0.0567. The van der Waals surface area contributed by atoms with Crippen molar-refractivity contribution in [3.63, 3.8) is 0 Å². The number of carbonyl (C=O) groups is 1. The molecule has 2 aliphatic rings. The van der Waals surface area contributed by atoms with Gasteiger partial charge in [0.1, 0.15) is 0 Å². The molecular formula is C17H24N2O. The predicted molar refractivity (Wildman–Crippen MR) is 80.2 cm³/mol. The van der Waals surface area contributed by atoms with E-state index in [1.54, 1.807) is 0 Å². The van der Waals surface area contributed by atoms with Crippen LogP contribution in [-0.4, -0.2) is 29.1 Å². The van der Waals surface area contributed by atoms with Crippen LogP contribution in [0.2, 0.25) is 0 Å². The van der Waals surface area contributed by atoms with E-state index in [0.717, 1.165) is 19.3 Å². The maximum Gasteiger partial charge on any atom is 0.241 e. The highest BCUT2D eigenvalue weighted by Crippen LogP contribution is 2.50. The van der Waals surface area contributed by atoms with Crippen LogP contribution in [0.4, 0.5) is 0 Å². The largest absolute Gasteiger partial charge is 0.322 e. The van der Waals surface area contributed by atoms with Gasteiger partial charge in [-0.05, 0) is 30.2 Å². The minimum Gasteiger partial charge on any atom is -0.322 e. The van der Waals surface area contributed by atoms with Crippen molar-refractivity contribution in [1.82, 2.24) is 10.2 Å². The summed E-state index contributed by atoms with van der Waals surface area (Å²) in [6.45, 7) is 6.66. The van der Waals surface area contributed by atoms with Crippen LogP contribution in [0, 0.1) is 5.41 Å². The highest BCUT2D eigenvalue weighted by Gasteiger charge is 2.55. The summed E-state index contributed by atoms with van der Waals surface area (Å²) in [6.07, 6.45) is 3.11. The Morgan fingerprint density at radius 2 is 1.95 bits per heavy atom. The number of nitrogens with one attached hydrogen (secondary N) is 1. The highest BCUT2D eigenvalue weighted by atomic mass is 16.2. The average Bonchev–Trinajstić information content (AvgIpc) is 2.93. The molecule has 1 aromatic rings. The molecule has 108 valence electrons. The smallest absolute Gasteiger partial charge is 0.241 e. The molecule has 3 nitrogen and oxygen atoms in total. The van der Waals surface area contributed by atoms with Gasteiger partial charge in [0.25, 0.3) is 0 Å². The van der Waals surface area contributed by atoms with Gasteiger partial charge in [0.15, 0.2) is 0 Å². The zero-order chi connectivity index (χ0) is 14.3. The standard InChI is InChI=1S/C17H24N2O/c1-4-15-18-13(10-12-8-6-5-7-9-12)16(20)19(15)14-11-17(14,2)3/h5-9,13-15,18H,4,10-11H2,1-3H3. The van der Waals surface area contributed by atoms with Crippen LogP contribution in [-0.2, 0) is 11.2 Å². The lowest BCUT2D eigenvalue weighted by atomic mass is 10.1. The lowest BCUT2D eigenvalue weighted by molar-refractivity contribution is -0.131. The number of rotatable bonds is 4. The van der Waals surface area contributed by atoms with Crippen LogP contribution in [0.15, 0.2) is 30.3 Å². The predicted octanol–water partition coefficient (Wildman–Crippen LogP) is 2.56. The van der Waals surface area contributed by atoms with Crippen molar-refractivity contribution in [1.29, 1.82) is 0 Å². The van der Waals surface area contributed by atoms with Gasteiger partial charge in [-0.25, -0.2) is 0 Å². The summed E-state index contributed by atoms with van der Waals surface area (Å²) in [4.78, 5) is 14.8. The van der Waals surface area contributed by atoms with Crippen molar-refractivity contribution >= 4 is 5.91 Å². The lowest BCUT2D eigenvalue weighted by Crippen LogP contribution is -2.40. The fourth-order valence-electron chi connectivity index (χ4n) is 3.31. The van der Waals surface area contributed by atoms with E-state index in [1.807, 2.05) is 18.2 Å². The van der Waals surface area contributed by atoms with Gasteiger partial charge in [0.2, 0.25) is 5.91 Å². The minimum absolute atomic E-state index is 0.0567. The van der Waals surface area contributed by atoms with Crippen LogP contribution in [0.1, 0.15) is 39.2 Å². The third kappa shape index (κ3) is 2.35. The molecular weight excluding hydrogens is 248 g/mol. The quantitative estimate of drug-likeness (QED) is 0.913. The van der Waals surface area contributed by atoms with Gasteiger partial charge in [0, 0.05) is 6.04 Å². The van der Waals surface area contributed by atoms with Crippen LogP contribution >= 0.6 is 0 Å². The van der Waals surface area contributed by atoms with Gasteiger partial charge in [-0.2, -0.15) is 0 Å². The second-order valence-electron chi connectivity index (χ2n) is 6.79. The molecule has 0 spiro atoms. The van der Waals surface area contributed by atoms with Crippen LogP contribution in [0.25, 0.3) is 0 Å². The normalized spacial score (nSPS) is 31.6. The van der Waals surface area contributed by atoms with Gasteiger partial charge in [0.05, 0.1) is 12.2 Å². The molecule has 1 N–H and O–H groups in total. The van der Waals surface area contributed by atoms with Crippen LogP contribution in [0.3, 0.4) is 0 Å². The number of hydrogen-bond donors (Lipinski definition) is 1. The second-order valence-corrected chi connectivity index (χ2v) is 6.79. The van der Waals surface area contributed by atoms with E-state index in [4.69, 9.17) is 0 Å². The molecule has 0 bridgehead atoms. The fraction of sp³-hybridized carbons (Fsp3) is 0.588. The van der Waals surface area contributed by atoms with Gasteiger partial charge in [-0.15, -0.1) is 0 Å². The highest BCUT2D eigenvalue weighted by molar-refractivity contribution is 5.85. The summed E-state index contributed by atoms with van der Waals surface area (Å²) in [6, 6.07) is 10.6. The van der Waals surface area contributed by atoms with E-state index < -0.39 is 0 Å². The average molecular weight is 272 g/mol. The lowest BCUT2D eigenvalue weighted by Gasteiger charge is -2.24. The van der Waals surface area contributed by atoms with Crippen molar-refractivity contribution in [2.24, 2.45) is 5.41 Å². The monoisotopic (exact) mass is 272 g/mol. The first kappa shape index (κ1) is 13.6. The third-order valence-electron chi connectivity index (χ3n) is 4.75. The molecule has 1 aliphatic heterocycles. The summed E-state index contributed by atoms with van der Waals surface area (Å²) in [7, 11) is 0. The summed E-state index contributed by atoms with van der Waals surface area (Å²) in [5.41, 5.74) is 1.52. The summed E-state index contributed by atoms with van der Waals surface area (Å²) in [5.74, 6) is 0.288. The molecule has 0 radical (unpaired) electrons. The Balaban J connectivity index is 1.74. The SMILES string of the molecule is CCC1NC(Cc2ccccc2)C(=O)N1C1CC1(C)C. The fourth-order valence-corrected chi connectivity index (χ4v) is 3.31. The number of benzene rings is 1. The van der Waals surface area contributed by atoms with Gasteiger partial charge < -0.3 is 4.90 Å². The van der Waals surface area contributed by atoms with Gasteiger partial charge in [-0.1, -0.05) is 51.1 Å². The number of hydrogen-bond acceptors (Lipinski definition) is 2. The van der Waals surface area contributed by atoms with Crippen molar-refractivity contribution in [3.05, 3.63) is 35.9 Å². The maximum atomic E-state index is 12.7. The number of carbonyl (C=O) groups excluding carboxylic acids is 1. The molecule has 1 aliphatic carbocycles. The molecule has 3 atom stereocenters. The Morgan fingerprint density at radius 3 is 2.50 bits per heavy atom. The molecule has 0 aromatic heterocycles. The van der Waals surface area contributed by atoms with E-state index in [9.17, 15) is 4.79 Å². The Labute approximate surface area is 121 Å². The van der Waals surface area contributed by atoms with E-state index in [0.29, 0.717) is 11.5 Å². The number of amides is 1. The first-order chi connectivity index (χ1) is 9.53. The van der Waals surface area contributed by atoms with E-state index in [1.165, 1.54) is 5.56 Å². The van der Waals surface area contributed by atoms with Crippen LogP contribution in [0.5, 0.6) is 0 Å². The first-order valence-electron chi connectivity index (χ1n) is 7.65. The first-order valence-corrected chi connectivity index (χ1v) is 7.65. The summed E-state index contributed by atoms with van der Waals surface area (Å²) < 4.78 is 0. The molecule has 3 heteroatoms. The van der Waals surface area contributed by atoms with E-state index in [-0.39, 0.29) is 18.1 Å². The molecule has 1 saturated heterocycles. The molecule has 20 heavy (non-hydrogen) atoms. The topological polar surface area (TPSA) is 32.3 Å². The second kappa shape index (κ2) is 4.88. The molecule has 1 aromatic carbocycles. The maximum absolute atomic E-state index is 12.7. The zero-order valence-electron chi connectivity index (χ0n) is 12.6. The van der Waals surface area contributed by atoms with E-state index in [2.05, 4.69) is 43.1 Å². The third-order valence-corrected chi connectivity index (χ3v) is 4.75. The Kier molecular flexibility index (Phi) is 3.33. The van der Waals surface area contributed by atoms with Crippen molar-refractivity contribution < 1.29 is 4.79 Å². The molecule has 2 fully saturated rings. The number of nitrogens with zero attached hydrogens (tertiary/aromatic N) is 1. The molecule has 1 amide bonds. The molecule has 3 rings (SSSR count). The Bertz CT molecular complexity index is 497. The van der Waals surface area contributed by atoms with Gasteiger partial charge >= 0.3 is 0 Å². The van der Waals surface area contributed by atoms with Crippen LogP contribution < -0.4 is 5.32 Å². The van der Waals surface area contributed by atoms with Crippen molar-refractivity contribution in [2.45, 2.75) is 58.3 Å². The molecule has 3 unspecified atom stereocenters. The Morgan fingerprint density at radius 1 is 1.30 bits per heavy atom. The summed E-state index contributed by atoms with van der Waals surface area (Å²) in [5, 5.41) is 3.52. The zero-order valence-corrected chi connectivity index (χ0v) is 12.6. The summed E-state index contributed by atoms with van der Waals surface area (Å²) >= 11 is 0.